The van der Waals surface area contributed by atoms with Crippen molar-refractivity contribution in [2.24, 2.45) is 0 Å². The average molecular weight is 427 g/mol. The molecule has 1 aromatic heterocycles. The van der Waals surface area contributed by atoms with E-state index in [1.165, 1.54) is 9.80 Å². The summed E-state index contributed by atoms with van der Waals surface area (Å²) < 4.78 is 22.0. The van der Waals surface area contributed by atoms with E-state index in [0.717, 1.165) is 56.1 Å². The summed E-state index contributed by atoms with van der Waals surface area (Å²) in [4.78, 5) is 7.55. The van der Waals surface area contributed by atoms with Gasteiger partial charge in [0.25, 0.3) is 5.89 Å². The van der Waals surface area contributed by atoms with E-state index in [-0.39, 0.29) is 0 Å². The number of hydrogen-bond donors (Lipinski definition) is 2. The van der Waals surface area contributed by atoms with Crippen molar-refractivity contribution < 1.29 is 28.5 Å². The molecule has 2 heterocycles. The van der Waals surface area contributed by atoms with Crippen molar-refractivity contribution in [3.63, 3.8) is 0 Å². The Hall–Kier alpha value is -3.10. The zero-order valence-electron chi connectivity index (χ0n) is 18.3. The Morgan fingerprint density at radius 2 is 1.48 bits per heavy atom. The number of rotatable bonds is 8. The molecule has 0 amide bonds. The second kappa shape index (κ2) is 9.80. The van der Waals surface area contributed by atoms with Gasteiger partial charge in [0.2, 0.25) is 11.6 Å². The van der Waals surface area contributed by atoms with Gasteiger partial charge in [0, 0.05) is 5.56 Å². The maximum atomic E-state index is 5.64. The summed E-state index contributed by atoms with van der Waals surface area (Å²) in [6.45, 7) is 5.86. The van der Waals surface area contributed by atoms with Crippen LogP contribution in [-0.2, 0) is 13.1 Å². The van der Waals surface area contributed by atoms with Crippen LogP contribution in [0.25, 0.3) is 11.4 Å². The third-order valence-electron chi connectivity index (χ3n) is 5.79. The number of quaternary nitrogens is 2. The Kier molecular flexibility index (Phi) is 6.69. The topological polar surface area (TPSA) is 75.5 Å². The number of benzene rings is 2. The fourth-order valence-corrected chi connectivity index (χ4v) is 4.13. The van der Waals surface area contributed by atoms with Gasteiger partial charge in [0.05, 0.1) is 26.9 Å². The van der Waals surface area contributed by atoms with Crippen LogP contribution in [0.2, 0.25) is 0 Å². The second-order valence-electron chi connectivity index (χ2n) is 7.72. The monoisotopic (exact) mass is 426 g/mol. The molecule has 3 aromatic rings. The highest BCUT2D eigenvalue weighted by Gasteiger charge is 2.27. The van der Waals surface area contributed by atoms with E-state index in [1.807, 2.05) is 36.4 Å². The van der Waals surface area contributed by atoms with Crippen molar-refractivity contribution in [3.05, 3.63) is 53.9 Å². The first kappa shape index (κ1) is 21.1. The van der Waals surface area contributed by atoms with Gasteiger partial charge >= 0.3 is 0 Å². The normalized spacial score (nSPS) is 18.5. The number of nitrogens with zero attached hydrogens (tertiary/aromatic N) is 2. The lowest BCUT2D eigenvalue weighted by Crippen LogP contribution is -3.27. The molecule has 1 aliphatic heterocycles. The highest BCUT2D eigenvalue weighted by molar-refractivity contribution is 5.55. The van der Waals surface area contributed by atoms with Crippen molar-refractivity contribution in [1.82, 2.24) is 10.1 Å². The molecule has 2 N–H and O–H groups in total. The van der Waals surface area contributed by atoms with Crippen LogP contribution in [-0.4, -0.2) is 57.6 Å². The van der Waals surface area contributed by atoms with Gasteiger partial charge in [-0.3, -0.25) is 0 Å². The van der Waals surface area contributed by atoms with E-state index < -0.39 is 0 Å². The van der Waals surface area contributed by atoms with Crippen molar-refractivity contribution in [2.75, 3.05) is 47.5 Å². The number of aromatic nitrogens is 2. The minimum Gasteiger partial charge on any atom is -0.493 e. The minimum atomic E-state index is 0.650. The first-order valence-corrected chi connectivity index (χ1v) is 10.5. The summed E-state index contributed by atoms with van der Waals surface area (Å²) in [5.74, 6) is 3.43. The van der Waals surface area contributed by atoms with E-state index in [9.17, 15) is 0 Å². The first-order valence-electron chi connectivity index (χ1n) is 10.5. The van der Waals surface area contributed by atoms with Crippen molar-refractivity contribution in [3.8, 4) is 28.6 Å². The van der Waals surface area contributed by atoms with Gasteiger partial charge in [0.1, 0.15) is 32.7 Å². The van der Waals surface area contributed by atoms with Crippen LogP contribution >= 0.6 is 0 Å². The molecule has 0 saturated carbocycles. The van der Waals surface area contributed by atoms with E-state index in [1.54, 1.807) is 21.3 Å². The van der Waals surface area contributed by atoms with Crippen molar-refractivity contribution in [2.45, 2.75) is 13.1 Å². The van der Waals surface area contributed by atoms with Crippen molar-refractivity contribution in [1.29, 1.82) is 0 Å². The molecule has 0 atom stereocenters. The summed E-state index contributed by atoms with van der Waals surface area (Å²) in [5.41, 5.74) is 2.11. The molecule has 0 unspecified atom stereocenters. The Bertz CT molecular complexity index is 984. The van der Waals surface area contributed by atoms with Crippen LogP contribution in [0.15, 0.2) is 47.0 Å². The number of ether oxygens (including phenoxy) is 3. The molecule has 0 aliphatic carbocycles. The molecular formula is C23H30N4O4+2. The Labute approximate surface area is 182 Å². The summed E-state index contributed by atoms with van der Waals surface area (Å²) in [5, 5.41) is 4.13. The molecule has 4 rings (SSSR count). The molecule has 8 nitrogen and oxygen atoms in total. The van der Waals surface area contributed by atoms with E-state index in [0.29, 0.717) is 23.2 Å². The van der Waals surface area contributed by atoms with Gasteiger partial charge in [-0.15, -0.1) is 0 Å². The molecular weight excluding hydrogens is 396 g/mol. The van der Waals surface area contributed by atoms with Crippen molar-refractivity contribution >= 4 is 0 Å². The molecule has 2 aromatic carbocycles. The molecule has 164 valence electrons. The maximum absolute atomic E-state index is 5.64. The van der Waals surface area contributed by atoms with Crippen LogP contribution in [0.4, 0.5) is 0 Å². The van der Waals surface area contributed by atoms with Crippen LogP contribution in [0.5, 0.6) is 17.2 Å². The summed E-state index contributed by atoms with van der Waals surface area (Å²) in [6.07, 6.45) is 0. The summed E-state index contributed by atoms with van der Waals surface area (Å²) >= 11 is 0. The number of nitrogens with one attached hydrogen (secondary N) is 2. The Morgan fingerprint density at radius 3 is 2.13 bits per heavy atom. The van der Waals surface area contributed by atoms with Crippen LogP contribution in [0.3, 0.4) is 0 Å². The van der Waals surface area contributed by atoms with Crippen LogP contribution in [0.1, 0.15) is 11.5 Å². The van der Waals surface area contributed by atoms with Gasteiger partial charge in [-0.25, -0.2) is 0 Å². The van der Waals surface area contributed by atoms with Crippen LogP contribution < -0.4 is 24.0 Å². The van der Waals surface area contributed by atoms with E-state index in [4.69, 9.17) is 18.7 Å². The lowest BCUT2D eigenvalue weighted by molar-refractivity contribution is -1.02. The zero-order valence-corrected chi connectivity index (χ0v) is 18.3. The minimum absolute atomic E-state index is 0.650. The summed E-state index contributed by atoms with van der Waals surface area (Å²) in [7, 11) is 4.95. The van der Waals surface area contributed by atoms with Gasteiger partial charge in [-0.05, 0) is 12.1 Å². The third kappa shape index (κ3) is 4.81. The molecule has 8 heteroatoms. The van der Waals surface area contributed by atoms with Gasteiger partial charge in [-0.1, -0.05) is 35.5 Å². The van der Waals surface area contributed by atoms with Gasteiger partial charge < -0.3 is 28.5 Å². The number of piperazine rings is 1. The quantitative estimate of drug-likeness (QED) is 0.538. The zero-order chi connectivity index (χ0) is 21.6. The maximum Gasteiger partial charge on any atom is 0.282 e. The molecule has 31 heavy (non-hydrogen) atoms. The SMILES string of the molecule is COc1ccc(C[NH+]2CC[NH+](Cc3nc(-c4ccccc4)no3)CC2)c(OC)c1OC. The molecule has 0 bridgehead atoms. The molecule has 1 aliphatic rings. The molecule has 1 saturated heterocycles. The fourth-order valence-electron chi connectivity index (χ4n) is 4.13. The Balaban J connectivity index is 1.34. The third-order valence-corrected chi connectivity index (χ3v) is 5.79. The average Bonchev–Trinajstić information content (AvgIpc) is 3.29. The van der Waals surface area contributed by atoms with Gasteiger partial charge in [0.15, 0.2) is 18.0 Å². The standard InChI is InChI=1S/C23H28N4O4/c1-28-19-10-9-18(21(29-2)22(19)30-3)15-26-11-13-27(14-12-26)16-20-24-23(25-31-20)17-7-5-4-6-8-17/h4-10H,11-16H2,1-3H3/p+2. The Morgan fingerprint density at radius 1 is 0.806 bits per heavy atom. The predicted octanol–water partition coefficient (Wildman–Crippen LogP) is 0.246. The number of methoxy groups -OCH3 is 3. The van der Waals surface area contributed by atoms with Gasteiger partial charge in [-0.2, -0.15) is 4.98 Å². The van der Waals surface area contributed by atoms with Crippen LogP contribution in [0, 0.1) is 0 Å². The lowest BCUT2D eigenvalue weighted by atomic mass is 10.1. The largest absolute Gasteiger partial charge is 0.493 e. The highest BCUT2D eigenvalue weighted by atomic mass is 16.5. The molecule has 0 radical (unpaired) electrons. The fraction of sp³-hybridized carbons (Fsp3) is 0.391. The second-order valence-corrected chi connectivity index (χ2v) is 7.72. The highest BCUT2D eigenvalue weighted by Crippen LogP contribution is 2.39. The van der Waals surface area contributed by atoms with E-state index >= 15 is 0 Å². The van der Waals surface area contributed by atoms with E-state index in [2.05, 4.69) is 16.2 Å². The summed E-state index contributed by atoms with van der Waals surface area (Å²) in [6, 6.07) is 13.9. The number of hydrogen-bond acceptors (Lipinski definition) is 6. The first-order chi connectivity index (χ1) is 15.2. The lowest BCUT2D eigenvalue weighted by Gasteiger charge is -2.29. The molecule has 1 fully saturated rings. The predicted molar refractivity (Wildman–Crippen MR) is 115 cm³/mol. The molecule has 0 spiro atoms. The smallest absolute Gasteiger partial charge is 0.282 e.